The van der Waals surface area contributed by atoms with Gasteiger partial charge in [-0.15, -0.1) is 11.8 Å². The second kappa shape index (κ2) is 9.18. The Morgan fingerprint density at radius 2 is 1.91 bits per heavy atom. The quantitative estimate of drug-likeness (QED) is 0.615. The van der Waals surface area contributed by atoms with Crippen molar-refractivity contribution in [2.75, 3.05) is 46.3 Å². The summed E-state index contributed by atoms with van der Waals surface area (Å²) in [5.41, 5.74) is 0. The molecule has 1 N–H and O–H groups in total. The SMILES string of the molecule is CC(Sc1ccccc1)C(=O)NCCCN1CCN(C)CC1. The topological polar surface area (TPSA) is 35.6 Å². The van der Waals surface area contributed by atoms with Crippen molar-refractivity contribution >= 4 is 17.7 Å². The fourth-order valence-electron chi connectivity index (χ4n) is 2.49. The zero-order valence-electron chi connectivity index (χ0n) is 13.6. The summed E-state index contributed by atoms with van der Waals surface area (Å²) in [6, 6.07) is 10.1. The number of benzene rings is 1. The summed E-state index contributed by atoms with van der Waals surface area (Å²) in [5.74, 6) is 0.132. The van der Waals surface area contributed by atoms with Gasteiger partial charge in [-0.2, -0.15) is 0 Å². The largest absolute Gasteiger partial charge is 0.355 e. The summed E-state index contributed by atoms with van der Waals surface area (Å²) in [4.78, 5) is 18.1. The number of amides is 1. The van der Waals surface area contributed by atoms with Crippen LogP contribution in [0.1, 0.15) is 13.3 Å². The maximum atomic E-state index is 12.1. The summed E-state index contributed by atoms with van der Waals surface area (Å²) in [6.07, 6.45) is 1.03. The average molecular weight is 321 g/mol. The van der Waals surface area contributed by atoms with Crippen molar-refractivity contribution < 1.29 is 4.79 Å². The Morgan fingerprint density at radius 3 is 2.59 bits per heavy atom. The van der Waals surface area contributed by atoms with Crippen molar-refractivity contribution in [3.8, 4) is 0 Å². The molecule has 0 aromatic heterocycles. The number of likely N-dealkylation sites (N-methyl/N-ethyl adjacent to an activating group) is 1. The van der Waals surface area contributed by atoms with Gasteiger partial charge in [-0.3, -0.25) is 4.79 Å². The van der Waals surface area contributed by atoms with E-state index in [2.05, 4.69) is 22.2 Å². The maximum absolute atomic E-state index is 12.1. The third-order valence-electron chi connectivity index (χ3n) is 3.97. The first-order valence-corrected chi connectivity index (χ1v) is 8.93. The lowest BCUT2D eigenvalue weighted by Crippen LogP contribution is -2.45. The van der Waals surface area contributed by atoms with Gasteiger partial charge >= 0.3 is 0 Å². The summed E-state index contributed by atoms with van der Waals surface area (Å²) in [7, 11) is 2.17. The van der Waals surface area contributed by atoms with Crippen molar-refractivity contribution in [3.63, 3.8) is 0 Å². The monoisotopic (exact) mass is 321 g/mol. The molecule has 0 spiro atoms. The van der Waals surface area contributed by atoms with E-state index in [1.54, 1.807) is 11.8 Å². The van der Waals surface area contributed by atoms with Crippen molar-refractivity contribution in [1.82, 2.24) is 15.1 Å². The average Bonchev–Trinajstić information content (AvgIpc) is 2.54. The number of nitrogens with one attached hydrogen (secondary N) is 1. The Kier molecular flexibility index (Phi) is 7.22. The molecule has 2 rings (SSSR count). The Bertz CT molecular complexity index is 446. The van der Waals surface area contributed by atoms with E-state index in [1.807, 2.05) is 37.3 Å². The highest BCUT2D eigenvalue weighted by molar-refractivity contribution is 8.00. The molecule has 1 fully saturated rings. The van der Waals surface area contributed by atoms with E-state index in [9.17, 15) is 4.79 Å². The van der Waals surface area contributed by atoms with Crippen molar-refractivity contribution in [3.05, 3.63) is 30.3 Å². The minimum absolute atomic E-state index is 0.0500. The molecule has 5 heteroatoms. The highest BCUT2D eigenvalue weighted by atomic mass is 32.2. The lowest BCUT2D eigenvalue weighted by atomic mass is 10.3. The Morgan fingerprint density at radius 1 is 1.23 bits per heavy atom. The van der Waals surface area contributed by atoms with Gasteiger partial charge in [0.2, 0.25) is 5.91 Å². The normalized spacial score (nSPS) is 18.1. The van der Waals surface area contributed by atoms with Crippen molar-refractivity contribution in [1.29, 1.82) is 0 Å². The molecule has 1 unspecified atom stereocenters. The Hall–Kier alpha value is -1.04. The Labute approximate surface area is 138 Å². The molecule has 0 saturated carbocycles. The molecule has 1 amide bonds. The van der Waals surface area contributed by atoms with Gasteiger partial charge < -0.3 is 15.1 Å². The Balaban J connectivity index is 1.59. The van der Waals surface area contributed by atoms with Crippen LogP contribution in [-0.2, 0) is 4.79 Å². The predicted molar refractivity (Wildman–Crippen MR) is 93.3 cm³/mol. The number of thioether (sulfide) groups is 1. The molecule has 122 valence electrons. The van der Waals surface area contributed by atoms with E-state index >= 15 is 0 Å². The van der Waals surface area contributed by atoms with Crippen LogP contribution in [0, 0.1) is 0 Å². The molecular formula is C17H27N3OS. The first-order chi connectivity index (χ1) is 10.6. The lowest BCUT2D eigenvalue weighted by Gasteiger charge is -2.32. The van der Waals surface area contributed by atoms with Gasteiger partial charge in [-0.25, -0.2) is 0 Å². The molecule has 1 heterocycles. The van der Waals surface area contributed by atoms with E-state index in [-0.39, 0.29) is 11.2 Å². The van der Waals surface area contributed by atoms with Gasteiger partial charge in [0.25, 0.3) is 0 Å². The number of carbonyl (C=O) groups excluding carboxylic acids is 1. The highest BCUT2D eigenvalue weighted by Gasteiger charge is 2.15. The molecule has 1 saturated heterocycles. The van der Waals surface area contributed by atoms with E-state index in [4.69, 9.17) is 0 Å². The minimum atomic E-state index is -0.0500. The molecule has 0 radical (unpaired) electrons. The van der Waals surface area contributed by atoms with Crippen LogP contribution < -0.4 is 5.32 Å². The van der Waals surface area contributed by atoms with Crippen LogP contribution in [0.5, 0.6) is 0 Å². The number of piperazine rings is 1. The number of nitrogens with zero attached hydrogens (tertiary/aromatic N) is 2. The predicted octanol–water partition coefficient (Wildman–Crippen LogP) is 1.92. The van der Waals surface area contributed by atoms with E-state index in [1.165, 1.54) is 0 Å². The van der Waals surface area contributed by atoms with Crippen LogP contribution in [0.25, 0.3) is 0 Å². The smallest absolute Gasteiger partial charge is 0.233 e. The van der Waals surface area contributed by atoms with Crippen LogP contribution in [0.2, 0.25) is 0 Å². The zero-order chi connectivity index (χ0) is 15.8. The second-order valence-electron chi connectivity index (χ2n) is 5.86. The minimum Gasteiger partial charge on any atom is -0.355 e. The van der Waals surface area contributed by atoms with Gasteiger partial charge in [-0.05, 0) is 39.1 Å². The number of carbonyl (C=O) groups is 1. The molecule has 0 bridgehead atoms. The third-order valence-corrected chi connectivity index (χ3v) is 5.08. The first kappa shape index (κ1) is 17.3. The van der Waals surface area contributed by atoms with Gasteiger partial charge in [0, 0.05) is 37.6 Å². The number of rotatable bonds is 7. The maximum Gasteiger partial charge on any atom is 0.233 e. The van der Waals surface area contributed by atoms with Gasteiger partial charge in [0.1, 0.15) is 0 Å². The van der Waals surface area contributed by atoms with Crippen LogP contribution in [-0.4, -0.2) is 67.3 Å². The molecular weight excluding hydrogens is 294 g/mol. The number of hydrogen-bond acceptors (Lipinski definition) is 4. The van der Waals surface area contributed by atoms with Crippen molar-refractivity contribution in [2.24, 2.45) is 0 Å². The van der Waals surface area contributed by atoms with Crippen LogP contribution >= 0.6 is 11.8 Å². The standard InChI is InChI=1S/C17H27N3OS/c1-15(22-16-7-4-3-5-8-16)17(21)18-9-6-10-20-13-11-19(2)12-14-20/h3-5,7-8,15H,6,9-14H2,1-2H3,(H,18,21). The zero-order valence-corrected chi connectivity index (χ0v) is 14.4. The molecule has 0 aliphatic carbocycles. The molecule has 1 aliphatic heterocycles. The summed E-state index contributed by atoms with van der Waals surface area (Å²) in [5, 5.41) is 3.00. The van der Waals surface area contributed by atoms with E-state index < -0.39 is 0 Å². The van der Waals surface area contributed by atoms with E-state index in [0.717, 1.165) is 50.6 Å². The summed E-state index contributed by atoms with van der Waals surface area (Å²) >= 11 is 1.61. The van der Waals surface area contributed by atoms with Gasteiger partial charge in [0.15, 0.2) is 0 Å². The molecule has 4 nitrogen and oxygen atoms in total. The highest BCUT2D eigenvalue weighted by Crippen LogP contribution is 2.22. The van der Waals surface area contributed by atoms with Crippen LogP contribution in [0.4, 0.5) is 0 Å². The van der Waals surface area contributed by atoms with Crippen LogP contribution in [0.15, 0.2) is 35.2 Å². The lowest BCUT2D eigenvalue weighted by molar-refractivity contribution is -0.120. The molecule has 1 aromatic rings. The number of hydrogen-bond donors (Lipinski definition) is 1. The second-order valence-corrected chi connectivity index (χ2v) is 7.28. The molecule has 1 atom stereocenters. The van der Waals surface area contributed by atoms with E-state index in [0.29, 0.717) is 0 Å². The molecule has 22 heavy (non-hydrogen) atoms. The first-order valence-electron chi connectivity index (χ1n) is 8.05. The fourth-order valence-corrected chi connectivity index (χ4v) is 3.40. The summed E-state index contributed by atoms with van der Waals surface area (Å²) < 4.78 is 0. The van der Waals surface area contributed by atoms with Crippen LogP contribution in [0.3, 0.4) is 0 Å². The van der Waals surface area contributed by atoms with Gasteiger partial charge in [0.05, 0.1) is 5.25 Å². The van der Waals surface area contributed by atoms with Gasteiger partial charge in [-0.1, -0.05) is 18.2 Å². The molecule has 1 aromatic carbocycles. The fraction of sp³-hybridized carbons (Fsp3) is 0.588. The van der Waals surface area contributed by atoms with Crippen molar-refractivity contribution in [2.45, 2.75) is 23.5 Å². The summed E-state index contributed by atoms with van der Waals surface area (Å²) in [6.45, 7) is 8.40. The third kappa shape index (κ3) is 5.99. The molecule has 1 aliphatic rings.